The molecule has 0 saturated heterocycles. The Balaban J connectivity index is 2.30. The van der Waals surface area contributed by atoms with Gasteiger partial charge in [-0.1, -0.05) is 24.8 Å². The summed E-state index contributed by atoms with van der Waals surface area (Å²) >= 11 is 0. The summed E-state index contributed by atoms with van der Waals surface area (Å²) in [5.74, 6) is 0.821. The zero-order chi connectivity index (χ0) is 11.5. The van der Waals surface area contributed by atoms with Gasteiger partial charge in [-0.2, -0.15) is 0 Å². The highest BCUT2D eigenvalue weighted by Crippen LogP contribution is 2.24. The average molecular weight is 217 g/mol. The Hall–Kier alpha value is -1.77. The number of amides is 1. The van der Waals surface area contributed by atoms with Crippen molar-refractivity contribution in [1.29, 1.82) is 0 Å². The number of ether oxygens (including phenoxy) is 1. The van der Waals surface area contributed by atoms with E-state index in [-0.39, 0.29) is 11.9 Å². The van der Waals surface area contributed by atoms with E-state index in [0.717, 1.165) is 11.3 Å². The molecule has 1 atom stereocenters. The normalized spacial score (nSPS) is 19.3. The lowest BCUT2D eigenvalue weighted by atomic mass is 10.2. The first-order chi connectivity index (χ1) is 7.72. The van der Waals surface area contributed by atoms with Gasteiger partial charge in [-0.3, -0.25) is 4.79 Å². The highest BCUT2D eigenvalue weighted by Gasteiger charge is 2.23. The van der Waals surface area contributed by atoms with Gasteiger partial charge in [-0.25, -0.2) is 0 Å². The molecule has 1 aliphatic rings. The molecule has 0 spiro atoms. The van der Waals surface area contributed by atoms with Gasteiger partial charge in [-0.15, -0.1) is 0 Å². The predicted molar refractivity (Wildman–Crippen MR) is 62.1 cm³/mol. The SMILES string of the molecule is C=CC(=O)N1Cc2ccccc2OCC1C. The number of carbonyl (C=O) groups excluding carboxylic acids is 1. The Morgan fingerprint density at radius 3 is 3.06 bits per heavy atom. The Morgan fingerprint density at radius 1 is 1.56 bits per heavy atom. The van der Waals surface area contributed by atoms with Crippen LogP contribution in [-0.4, -0.2) is 23.5 Å². The molecule has 84 valence electrons. The summed E-state index contributed by atoms with van der Waals surface area (Å²) in [5, 5.41) is 0. The first-order valence-corrected chi connectivity index (χ1v) is 5.36. The van der Waals surface area contributed by atoms with Crippen LogP contribution in [0.3, 0.4) is 0 Å². The fraction of sp³-hybridized carbons (Fsp3) is 0.308. The van der Waals surface area contributed by atoms with E-state index in [1.165, 1.54) is 6.08 Å². The van der Waals surface area contributed by atoms with Crippen LogP contribution < -0.4 is 4.74 Å². The molecule has 3 heteroatoms. The molecule has 0 aliphatic carbocycles. The van der Waals surface area contributed by atoms with E-state index in [1.54, 1.807) is 4.90 Å². The van der Waals surface area contributed by atoms with Gasteiger partial charge in [0.1, 0.15) is 12.4 Å². The Kier molecular flexibility index (Phi) is 2.95. The minimum atomic E-state index is -0.0483. The van der Waals surface area contributed by atoms with E-state index < -0.39 is 0 Å². The maximum absolute atomic E-state index is 11.7. The number of benzene rings is 1. The van der Waals surface area contributed by atoms with Crippen molar-refractivity contribution in [2.24, 2.45) is 0 Å². The monoisotopic (exact) mass is 217 g/mol. The molecule has 0 saturated carbocycles. The molecule has 0 aromatic heterocycles. The van der Waals surface area contributed by atoms with Gasteiger partial charge in [0.2, 0.25) is 5.91 Å². The quantitative estimate of drug-likeness (QED) is 0.673. The fourth-order valence-corrected chi connectivity index (χ4v) is 1.83. The summed E-state index contributed by atoms with van der Waals surface area (Å²) in [6.45, 7) is 6.61. The Morgan fingerprint density at radius 2 is 2.31 bits per heavy atom. The zero-order valence-electron chi connectivity index (χ0n) is 9.35. The minimum Gasteiger partial charge on any atom is -0.491 e. The van der Waals surface area contributed by atoms with Crippen molar-refractivity contribution in [3.63, 3.8) is 0 Å². The maximum atomic E-state index is 11.7. The van der Waals surface area contributed by atoms with E-state index in [9.17, 15) is 4.79 Å². The molecular formula is C13H15NO2. The van der Waals surface area contributed by atoms with Crippen molar-refractivity contribution < 1.29 is 9.53 Å². The highest BCUT2D eigenvalue weighted by atomic mass is 16.5. The van der Waals surface area contributed by atoms with E-state index in [2.05, 4.69) is 6.58 Å². The number of hydrogen-bond acceptors (Lipinski definition) is 2. The van der Waals surface area contributed by atoms with Crippen LogP contribution in [0.15, 0.2) is 36.9 Å². The van der Waals surface area contributed by atoms with Gasteiger partial charge in [0.25, 0.3) is 0 Å². The van der Waals surface area contributed by atoms with Crippen molar-refractivity contribution in [1.82, 2.24) is 4.90 Å². The van der Waals surface area contributed by atoms with E-state index in [0.29, 0.717) is 13.2 Å². The van der Waals surface area contributed by atoms with Crippen LogP contribution >= 0.6 is 0 Å². The topological polar surface area (TPSA) is 29.5 Å². The van der Waals surface area contributed by atoms with Crippen LogP contribution in [0.5, 0.6) is 5.75 Å². The second-order valence-electron chi connectivity index (χ2n) is 3.94. The van der Waals surface area contributed by atoms with Crippen molar-refractivity contribution in [2.45, 2.75) is 19.5 Å². The molecule has 2 rings (SSSR count). The molecule has 0 bridgehead atoms. The lowest BCUT2D eigenvalue weighted by molar-refractivity contribution is -0.128. The largest absolute Gasteiger partial charge is 0.491 e. The van der Waals surface area contributed by atoms with Crippen molar-refractivity contribution in [2.75, 3.05) is 6.61 Å². The zero-order valence-corrected chi connectivity index (χ0v) is 9.35. The molecule has 0 fully saturated rings. The van der Waals surface area contributed by atoms with Gasteiger partial charge < -0.3 is 9.64 Å². The van der Waals surface area contributed by atoms with Crippen molar-refractivity contribution >= 4 is 5.91 Å². The van der Waals surface area contributed by atoms with Crippen LogP contribution in [-0.2, 0) is 11.3 Å². The fourth-order valence-electron chi connectivity index (χ4n) is 1.83. The van der Waals surface area contributed by atoms with Gasteiger partial charge >= 0.3 is 0 Å². The van der Waals surface area contributed by atoms with Gasteiger partial charge in [0, 0.05) is 5.56 Å². The molecule has 1 aromatic carbocycles. The number of carbonyl (C=O) groups is 1. The number of para-hydroxylation sites is 1. The molecule has 1 aromatic rings. The van der Waals surface area contributed by atoms with Crippen LogP contribution in [0.1, 0.15) is 12.5 Å². The third-order valence-electron chi connectivity index (χ3n) is 2.78. The lowest BCUT2D eigenvalue weighted by Crippen LogP contribution is -2.38. The molecule has 1 amide bonds. The summed E-state index contributed by atoms with van der Waals surface area (Å²) in [6, 6.07) is 7.88. The van der Waals surface area contributed by atoms with Crippen molar-refractivity contribution in [3.05, 3.63) is 42.5 Å². The average Bonchev–Trinajstić information content (AvgIpc) is 2.48. The van der Waals surface area contributed by atoms with E-state index in [4.69, 9.17) is 4.74 Å². The Labute approximate surface area is 95.3 Å². The van der Waals surface area contributed by atoms with Gasteiger partial charge in [0.05, 0.1) is 12.6 Å². The second kappa shape index (κ2) is 4.39. The molecule has 1 unspecified atom stereocenters. The molecule has 16 heavy (non-hydrogen) atoms. The molecule has 0 N–H and O–H groups in total. The molecule has 1 aliphatic heterocycles. The van der Waals surface area contributed by atoms with Crippen LogP contribution in [0.4, 0.5) is 0 Å². The minimum absolute atomic E-state index is 0.0483. The summed E-state index contributed by atoms with van der Waals surface area (Å²) in [4.78, 5) is 13.5. The number of hydrogen-bond donors (Lipinski definition) is 0. The molecule has 0 radical (unpaired) electrons. The summed E-state index contributed by atoms with van der Waals surface area (Å²) in [5.41, 5.74) is 1.04. The third-order valence-corrected chi connectivity index (χ3v) is 2.78. The maximum Gasteiger partial charge on any atom is 0.246 e. The first kappa shape index (κ1) is 10.7. The molecular weight excluding hydrogens is 202 g/mol. The van der Waals surface area contributed by atoms with Crippen LogP contribution in [0.2, 0.25) is 0 Å². The van der Waals surface area contributed by atoms with Gasteiger partial charge in [-0.05, 0) is 19.1 Å². The predicted octanol–water partition coefficient (Wildman–Crippen LogP) is 1.98. The number of fused-ring (bicyclic) bond motifs is 1. The first-order valence-electron chi connectivity index (χ1n) is 5.36. The molecule has 1 heterocycles. The van der Waals surface area contributed by atoms with E-state index in [1.807, 2.05) is 31.2 Å². The summed E-state index contributed by atoms with van der Waals surface area (Å²) in [6.07, 6.45) is 1.35. The Bertz CT molecular complexity index is 414. The lowest BCUT2D eigenvalue weighted by Gasteiger charge is -2.24. The molecule has 3 nitrogen and oxygen atoms in total. The number of rotatable bonds is 1. The smallest absolute Gasteiger partial charge is 0.246 e. The summed E-state index contributed by atoms with van der Waals surface area (Å²) < 4.78 is 5.66. The van der Waals surface area contributed by atoms with Crippen LogP contribution in [0.25, 0.3) is 0 Å². The number of nitrogens with zero attached hydrogens (tertiary/aromatic N) is 1. The summed E-state index contributed by atoms with van der Waals surface area (Å²) in [7, 11) is 0. The standard InChI is InChI=1S/C13H15NO2/c1-3-13(15)14-8-11-6-4-5-7-12(11)16-9-10(14)2/h3-7,10H,1,8-9H2,2H3. The second-order valence-corrected chi connectivity index (χ2v) is 3.94. The van der Waals surface area contributed by atoms with Crippen molar-refractivity contribution in [3.8, 4) is 5.75 Å². The third kappa shape index (κ3) is 1.94. The highest BCUT2D eigenvalue weighted by molar-refractivity contribution is 5.87. The van der Waals surface area contributed by atoms with Crippen LogP contribution in [0, 0.1) is 0 Å². The van der Waals surface area contributed by atoms with Gasteiger partial charge in [0.15, 0.2) is 0 Å². The van der Waals surface area contributed by atoms with E-state index >= 15 is 0 Å².